The van der Waals surface area contributed by atoms with E-state index in [-0.39, 0.29) is 5.60 Å². The van der Waals surface area contributed by atoms with Crippen LogP contribution in [-0.4, -0.2) is 33.7 Å². The lowest BCUT2D eigenvalue weighted by Gasteiger charge is -2.16. The van der Waals surface area contributed by atoms with Gasteiger partial charge in [-0.25, -0.2) is 9.78 Å². The number of aromatic nitrogens is 1. The van der Waals surface area contributed by atoms with Gasteiger partial charge < -0.3 is 25.2 Å². The smallest absolute Gasteiger partial charge is 0.405 e. The Morgan fingerprint density at radius 1 is 1.32 bits per heavy atom. The lowest BCUT2D eigenvalue weighted by molar-refractivity contribution is -0.118. The molecule has 0 bridgehead atoms. The van der Waals surface area contributed by atoms with E-state index in [1.54, 1.807) is 19.1 Å². The molecule has 0 spiro atoms. The number of amides is 2. The summed E-state index contributed by atoms with van der Waals surface area (Å²) in [4.78, 5) is 27.1. The summed E-state index contributed by atoms with van der Waals surface area (Å²) < 4.78 is 11.8. The summed E-state index contributed by atoms with van der Waals surface area (Å²) in [5.74, 6) is 1.43. The molecule has 2 aromatic rings. The van der Waals surface area contributed by atoms with Gasteiger partial charge in [-0.3, -0.25) is 4.79 Å². The van der Waals surface area contributed by atoms with Crippen LogP contribution < -0.4 is 20.1 Å². The zero-order valence-corrected chi connectivity index (χ0v) is 16.0. The summed E-state index contributed by atoms with van der Waals surface area (Å²) in [6.07, 6.45) is 1.29. The van der Waals surface area contributed by atoms with Crippen molar-refractivity contribution in [3.63, 3.8) is 0 Å². The number of hydrogen-bond donors (Lipinski definition) is 3. The molecule has 0 radical (unpaired) electrons. The van der Waals surface area contributed by atoms with Crippen molar-refractivity contribution in [1.29, 1.82) is 0 Å². The Morgan fingerprint density at radius 2 is 2.11 bits per heavy atom. The van der Waals surface area contributed by atoms with Crippen molar-refractivity contribution in [3.8, 4) is 17.4 Å². The van der Waals surface area contributed by atoms with Gasteiger partial charge in [0, 0.05) is 18.1 Å². The van der Waals surface area contributed by atoms with E-state index in [9.17, 15) is 9.59 Å². The van der Waals surface area contributed by atoms with Gasteiger partial charge in [-0.05, 0) is 38.5 Å². The zero-order valence-electron chi connectivity index (χ0n) is 16.0. The number of pyridine rings is 1. The van der Waals surface area contributed by atoms with Crippen LogP contribution in [0.3, 0.4) is 0 Å². The van der Waals surface area contributed by atoms with Gasteiger partial charge >= 0.3 is 6.09 Å². The van der Waals surface area contributed by atoms with Crippen LogP contribution in [0.1, 0.15) is 32.8 Å². The highest BCUT2D eigenvalue weighted by Gasteiger charge is 2.32. The Labute approximate surface area is 162 Å². The van der Waals surface area contributed by atoms with Crippen molar-refractivity contribution in [2.24, 2.45) is 0 Å². The van der Waals surface area contributed by atoms with Gasteiger partial charge in [-0.15, -0.1) is 0 Å². The molecule has 0 saturated carbocycles. The molecule has 1 aliphatic rings. The van der Waals surface area contributed by atoms with Crippen LogP contribution in [0, 0.1) is 0 Å². The molecule has 8 nitrogen and oxygen atoms in total. The van der Waals surface area contributed by atoms with Crippen molar-refractivity contribution < 1.29 is 24.2 Å². The quantitative estimate of drug-likeness (QED) is 0.701. The largest absolute Gasteiger partial charge is 0.487 e. The number of carboxylic acid groups (broad SMARTS) is 1. The number of nitrogens with one attached hydrogen (secondary N) is 2. The highest BCUT2D eigenvalue weighted by molar-refractivity contribution is 5.96. The molecule has 0 saturated heterocycles. The molecular formula is C20H23N3O5. The third kappa shape index (κ3) is 4.51. The summed E-state index contributed by atoms with van der Waals surface area (Å²) in [6, 6.07) is 8.11. The van der Waals surface area contributed by atoms with Crippen LogP contribution in [0.15, 0.2) is 36.5 Å². The Morgan fingerprint density at radius 3 is 2.75 bits per heavy atom. The van der Waals surface area contributed by atoms with Gasteiger partial charge in [0.1, 0.15) is 23.1 Å². The average Bonchev–Trinajstić information content (AvgIpc) is 2.96. The van der Waals surface area contributed by atoms with Crippen molar-refractivity contribution in [1.82, 2.24) is 10.3 Å². The van der Waals surface area contributed by atoms with Gasteiger partial charge in [0.05, 0.1) is 11.9 Å². The Hall–Kier alpha value is -3.29. The molecule has 2 heterocycles. The minimum Gasteiger partial charge on any atom is -0.487 e. The van der Waals surface area contributed by atoms with E-state index >= 15 is 0 Å². The number of hydrogen-bond acceptors (Lipinski definition) is 5. The van der Waals surface area contributed by atoms with E-state index in [1.165, 1.54) is 6.20 Å². The van der Waals surface area contributed by atoms with E-state index in [0.29, 0.717) is 23.7 Å². The SMILES string of the molecule is CC[C@@H](NC(=O)O)C(=O)Nc1ccc(Oc2cccc3c2CC(C)(C)O3)nc1. The minimum absolute atomic E-state index is 0.275. The van der Waals surface area contributed by atoms with E-state index in [4.69, 9.17) is 14.6 Å². The second kappa shape index (κ2) is 7.75. The lowest BCUT2D eigenvalue weighted by Crippen LogP contribution is -2.42. The second-order valence-corrected chi connectivity index (χ2v) is 7.16. The molecule has 8 heteroatoms. The van der Waals surface area contributed by atoms with Crippen molar-refractivity contribution in [2.45, 2.75) is 45.3 Å². The molecule has 0 aliphatic carbocycles. The van der Waals surface area contributed by atoms with Crippen LogP contribution in [0.2, 0.25) is 0 Å². The maximum atomic E-state index is 12.1. The summed E-state index contributed by atoms with van der Waals surface area (Å²) >= 11 is 0. The van der Waals surface area contributed by atoms with Crippen LogP contribution in [0.5, 0.6) is 17.4 Å². The molecule has 1 atom stereocenters. The third-order valence-electron chi connectivity index (χ3n) is 4.32. The normalized spacial score (nSPS) is 15.1. The number of fused-ring (bicyclic) bond motifs is 1. The summed E-state index contributed by atoms with van der Waals surface area (Å²) in [5, 5.41) is 13.6. The van der Waals surface area contributed by atoms with Crippen LogP contribution in [-0.2, 0) is 11.2 Å². The summed E-state index contributed by atoms with van der Waals surface area (Å²) in [5.41, 5.74) is 1.17. The molecule has 0 unspecified atom stereocenters. The predicted octanol–water partition coefficient (Wildman–Crippen LogP) is 3.57. The minimum atomic E-state index is -1.24. The van der Waals surface area contributed by atoms with Gasteiger partial charge in [0.25, 0.3) is 0 Å². The first kappa shape index (κ1) is 19.5. The van der Waals surface area contributed by atoms with Crippen LogP contribution in [0.25, 0.3) is 0 Å². The van der Waals surface area contributed by atoms with Crippen LogP contribution >= 0.6 is 0 Å². The maximum absolute atomic E-state index is 12.1. The first-order valence-corrected chi connectivity index (χ1v) is 9.02. The van der Waals surface area contributed by atoms with Gasteiger partial charge in [-0.2, -0.15) is 0 Å². The topological polar surface area (TPSA) is 110 Å². The third-order valence-corrected chi connectivity index (χ3v) is 4.32. The highest BCUT2D eigenvalue weighted by atomic mass is 16.5. The highest BCUT2D eigenvalue weighted by Crippen LogP contribution is 2.41. The van der Waals surface area contributed by atoms with Crippen LogP contribution in [0.4, 0.5) is 10.5 Å². The van der Waals surface area contributed by atoms with E-state index in [2.05, 4.69) is 15.6 Å². The first-order chi connectivity index (χ1) is 13.3. The number of anilines is 1. The number of rotatable bonds is 6. The Balaban J connectivity index is 1.67. The van der Waals surface area contributed by atoms with E-state index < -0.39 is 18.0 Å². The number of carbonyl (C=O) groups is 2. The Bertz CT molecular complexity index is 880. The molecule has 28 heavy (non-hydrogen) atoms. The van der Waals surface area contributed by atoms with Crippen molar-refractivity contribution in [2.75, 3.05) is 5.32 Å². The number of benzene rings is 1. The van der Waals surface area contributed by atoms with E-state index in [0.717, 1.165) is 17.7 Å². The van der Waals surface area contributed by atoms with E-state index in [1.807, 2.05) is 32.0 Å². The zero-order chi connectivity index (χ0) is 20.3. The predicted molar refractivity (Wildman–Crippen MR) is 103 cm³/mol. The molecule has 2 amide bonds. The fourth-order valence-electron chi connectivity index (χ4n) is 3.03. The summed E-state index contributed by atoms with van der Waals surface area (Å²) in [7, 11) is 0. The summed E-state index contributed by atoms with van der Waals surface area (Å²) in [6.45, 7) is 5.77. The fourth-order valence-corrected chi connectivity index (χ4v) is 3.03. The molecule has 1 aromatic heterocycles. The standard InChI is InChI=1S/C20H23N3O5/c1-4-14(23-19(25)26)18(24)22-12-8-9-17(21-11-12)27-15-6-5-7-16-13(15)10-20(2,3)28-16/h5-9,11,14,23H,4,10H2,1-3H3,(H,22,24)(H,25,26)/t14-/m1/s1. The molecule has 3 N–H and O–H groups in total. The van der Waals surface area contributed by atoms with Gasteiger partial charge in [0.15, 0.2) is 0 Å². The lowest BCUT2D eigenvalue weighted by atomic mass is 10.0. The van der Waals surface area contributed by atoms with Crippen molar-refractivity contribution >= 4 is 17.7 Å². The fraction of sp³-hybridized carbons (Fsp3) is 0.350. The first-order valence-electron chi connectivity index (χ1n) is 9.02. The molecular weight excluding hydrogens is 362 g/mol. The Kier molecular flexibility index (Phi) is 5.39. The molecule has 0 fully saturated rings. The molecule has 3 rings (SSSR count). The monoisotopic (exact) mass is 385 g/mol. The average molecular weight is 385 g/mol. The molecule has 148 valence electrons. The number of ether oxygens (including phenoxy) is 2. The second-order valence-electron chi connectivity index (χ2n) is 7.16. The van der Waals surface area contributed by atoms with Gasteiger partial charge in [-0.1, -0.05) is 13.0 Å². The van der Waals surface area contributed by atoms with Crippen molar-refractivity contribution in [3.05, 3.63) is 42.1 Å². The number of nitrogens with zero attached hydrogens (tertiary/aromatic N) is 1. The molecule has 1 aliphatic heterocycles. The molecule has 1 aromatic carbocycles. The number of carbonyl (C=O) groups excluding carboxylic acids is 1. The van der Waals surface area contributed by atoms with Gasteiger partial charge in [0.2, 0.25) is 11.8 Å². The maximum Gasteiger partial charge on any atom is 0.405 e.